The summed E-state index contributed by atoms with van der Waals surface area (Å²) in [7, 11) is 0. The number of halogens is 1. The molecule has 3 N–H and O–H groups in total. The zero-order valence-electron chi connectivity index (χ0n) is 9.64. The summed E-state index contributed by atoms with van der Waals surface area (Å²) in [6.07, 6.45) is -0.591. The number of aliphatic hydroxyl groups is 1. The van der Waals surface area contributed by atoms with Crippen LogP contribution in [0.1, 0.15) is 17.2 Å². The van der Waals surface area contributed by atoms with Crippen LogP contribution in [0.2, 0.25) is 0 Å². The van der Waals surface area contributed by atoms with Crippen molar-refractivity contribution in [1.82, 2.24) is 5.32 Å². The highest BCUT2D eigenvalue weighted by molar-refractivity contribution is 7.07. The molecule has 18 heavy (non-hydrogen) atoms. The van der Waals surface area contributed by atoms with Gasteiger partial charge >= 0.3 is 0 Å². The van der Waals surface area contributed by atoms with E-state index in [1.165, 1.54) is 17.4 Å². The van der Waals surface area contributed by atoms with Crippen molar-refractivity contribution in [3.8, 4) is 5.75 Å². The van der Waals surface area contributed by atoms with Crippen LogP contribution in [0.3, 0.4) is 0 Å². The van der Waals surface area contributed by atoms with Gasteiger partial charge in [-0.15, -0.1) is 0 Å². The topological polar surface area (TPSA) is 52.5 Å². The van der Waals surface area contributed by atoms with E-state index in [1.54, 1.807) is 12.1 Å². The molecule has 0 spiro atoms. The van der Waals surface area contributed by atoms with Gasteiger partial charge in [0.15, 0.2) is 11.6 Å². The predicted octanol–water partition coefficient (Wildman–Crippen LogP) is 2.42. The Kier molecular flexibility index (Phi) is 4.30. The van der Waals surface area contributed by atoms with E-state index < -0.39 is 11.9 Å². The Balaban J connectivity index is 1.87. The maximum atomic E-state index is 13.1. The highest BCUT2D eigenvalue weighted by atomic mass is 32.1. The van der Waals surface area contributed by atoms with E-state index >= 15 is 0 Å². The highest BCUT2D eigenvalue weighted by Crippen LogP contribution is 2.20. The van der Waals surface area contributed by atoms with Gasteiger partial charge in [0.2, 0.25) is 0 Å². The van der Waals surface area contributed by atoms with Crippen molar-refractivity contribution >= 4 is 11.3 Å². The van der Waals surface area contributed by atoms with Gasteiger partial charge in [-0.2, -0.15) is 11.3 Å². The molecule has 1 heterocycles. The lowest BCUT2D eigenvalue weighted by Gasteiger charge is -2.11. The number of nitrogens with one attached hydrogen (secondary N) is 1. The van der Waals surface area contributed by atoms with E-state index in [2.05, 4.69) is 5.32 Å². The molecular formula is C13H14FNO2S. The monoisotopic (exact) mass is 267 g/mol. The third-order valence-electron chi connectivity index (χ3n) is 2.65. The first-order valence-electron chi connectivity index (χ1n) is 5.55. The molecule has 1 unspecified atom stereocenters. The quantitative estimate of drug-likeness (QED) is 0.780. The highest BCUT2D eigenvalue weighted by Gasteiger charge is 2.09. The van der Waals surface area contributed by atoms with Crippen molar-refractivity contribution in [3.63, 3.8) is 0 Å². The van der Waals surface area contributed by atoms with Gasteiger partial charge in [-0.05, 0) is 28.5 Å². The van der Waals surface area contributed by atoms with E-state index in [4.69, 9.17) is 0 Å². The van der Waals surface area contributed by atoms with E-state index in [0.29, 0.717) is 18.7 Å². The summed E-state index contributed by atoms with van der Waals surface area (Å²) in [6, 6.07) is 6.25. The average molecular weight is 267 g/mol. The largest absolute Gasteiger partial charge is 0.505 e. The van der Waals surface area contributed by atoms with Crippen LogP contribution in [-0.4, -0.2) is 16.8 Å². The molecule has 0 aliphatic heterocycles. The lowest BCUT2D eigenvalue weighted by molar-refractivity contribution is 0.174. The van der Waals surface area contributed by atoms with Gasteiger partial charge in [-0.3, -0.25) is 0 Å². The first kappa shape index (κ1) is 13.0. The fourth-order valence-electron chi connectivity index (χ4n) is 1.63. The number of rotatable bonds is 5. The molecule has 1 aromatic carbocycles. The molecule has 2 rings (SSSR count). The van der Waals surface area contributed by atoms with Crippen LogP contribution < -0.4 is 5.32 Å². The molecule has 0 aliphatic carbocycles. The number of phenols is 1. The summed E-state index contributed by atoms with van der Waals surface area (Å²) in [5.41, 5.74) is 1.34. The van der Waals surface area contributed by atoms with Gasteiger partial charge in [-0.25, -0.2) is 4.39 Å². The molecule has 0 amide bonds. The molecule has 0 saturated carbocycles. The number of para-hydroxylation sites is 1. The zero-order chi connectivity index (χ0) is 13.0. The van der Waals surface area contributed by atoms with Gasteiger partial charge < -0.3 is 15.5 Å². The normalized spacial score (nSPS) is 12.6. The van der Waals surface area contributed by atoms with Gasteiger partial charge in [-0.1, -0.05) is 12.1 Å². The molecule has 96 valence electrons. The molecule has 2 aromatic rings. The summed E-state index contributed by atoms with van der Waals surface area (Å²) < 4.78 is 13.1. The fourth-order valence-corrected chi connectivity index (χ4v) is 2.34. The number of phenolic OH excluding ortho intramolecular Hbond substituents is 1. The van der Waals surface area contributed by atoms with Crippen molar-refractivity contribution in [3.05, 3.63) is 52.0 Å². The minimum absolute atomic E-state index is 0.310. The minimum atomic E-state index is -0.632. The lowest BCUT2D eigenvalue weighted by Crippen LogP contribution is -2.20. The SMILES string of the molecule is Oc1c(F)cccc1CNCC(O)c1ccsc1. The molecule has 1 aromatic heterocycles. The Morgan fingerprint density at radius 3 is 2.89 bits per heavy atom. The van der Waals surface area contributed by atoms with Crippen LogP contribution in [0.25, 0.3) is 0 Å². The summed E-state index contributed by atoms with van der Waals surface area (Å²) in [6.45, 7) is 0.664. The number of thiophene rings is 1. The van der Waals surface area contributed by atoms with E-state index in [9.17, 15) is 14.6 Å². The second-order valence-corrected chi connectivity index (χ2v) is 4.73. The predicted molar refractivity (Wildman–Crippen MR) is 69.1 cm³/mol. The van der Waals surface area contributed by atoms with Crippen molar-refractivity contribution in [2.24, 2.45) is 0 Å². The van der Waals surface area contributed by atoms with Gasteiger partial charge in [0.05, 0.1) is 6.10 Å². The van der Waals surface area contributed by atoms with Crippen molar-refractivity contribution in [1.29, 1.82) is 0 Å². The maximum Gasteiger partial charge on any atom is 0.165 e. The van der Waals surface area contributed by atoms with Crippen LogP contribution in [0, 0.1) is 5.82 Å². The summed E-state index contributed by atoms with van der Waals surface area (Å²) in [5, 5.41) is 26.1. The Labute approximate surface area is 109 Å². The van der Waals surface area contributed by atoms with Gasteiger partial charge in [0.1, 0.15) is 0 Å². The number of hydrogen-bond acceptors (Lipinski definition) is 4. The molecule has 1 atom stereocenters. The van der Waals surface area contributed by atoms with Crippen LogP contribution in [0.5, 0.6) is 5.75 Å². The average Bonchev–Trinajstić information content (AvgIpc) is 2.88. The fraction of sp³-hybridized carbons (Fsp3) is 0.231. The molecule has 0 aliphatic rings. The Morgan fingerprint density at radius 2 is 2.17 bits per heavy atom. The van der Waals surface area contributed by atoms with E-state index in [1.807, 2.05) is 16.8 Å². The molecule has 0 radical (unpaired) electrons. The standard InChI is InChI=1S/C13H14FNO2S/c14-11-3-1-2-9(13(11)17)6-15-7-12(16)10-4-5-18-8-10/h1-5,8,12,15-17H,6-7H2. The Morgan fingerprint density at radius 1 is 1.33 bits per heavy atom. The third kappa shape index (κ3) is 3.07. The van der Waals surface area contributed by atoms with Crippen molar-refractivity contribution in [2.75, 3.05) is 6.54 Å². The first-order valence-corrected chi connectivity index (χ1v) is 6.50. The van der Waals surface area contributed by atoms with Crippen LogP contribution in [-0.2, 0) is 6.54 Å². The molecule has 0 saturated heterocycles. The number of benzene rings is 1. The van der Waals surface area contributed by atoms with Crippen molar-refractivity contribution in [2.45, 2.75) is 12.6 Å². The Bertz CT molecular complexity index is 502. The second-order valence-electron chi connectivity index (χ2n) is 3.95. The summed E-state index contributed by atoms with van der Waals surface area (Å²) in [4.78, 5) is 0. The van der Waals surface area contributed by atoms with Gasteiger partial charge in [0.25, 0.3) is 0 Å². The molecule has 5 heteroatoms. The molecule has 0 bridgehead atoms. The molecule has 3 nitrogen and oxygen atoms in total. The summed E-state index contributed by atoms with van der Waals surface area (Å²) in [5.74, 6) is -0.970. The number of aliphatic hydroxyl groups excluding tert-OH is 1. The van der Waals surface area contributed by atoms with Crippen molar-refractivity contribution < 1.29 is 14.6 Å². The molecule has 0 fully saturated rings. The third-order valence-corrected chi connectivity index (χ3v) is 3.35. The first-order chi connectivity index (χ1) is 8.68. The number of hydrogen-bond donors (Lipinski definition) is 3. The van der Waals surface area contributed by atoms with Gasteiger partial charge in [0, 0.05) is 18.7 Å². The zero-order valence-corrected chi connectivity index (χ0v) is 10.5. The maximum absolute atomic E-state index is 13.1. The smallest absolute Gasteiger partial charge is 0.165 e. The van der Waals surface area contributed by atoms with E-state index in [-0.39, 0.29) is 5.75 Å². The van der Waals surface area contributed by atoms with Crippen LogP contribution >= 0.6 is 11.3 Å². The van der Waals surface area contributed by atoms with Crippen LogP contribution in [0.15, 0.2) is 35.0 Å². The van der Waals surface area contributed by atoms with E-state index in [0.717, 1.165) is 5.56 Å². The summed E-state index contributed by atoms with van der Waals surface area (Å²) >= 11 is 1.52. The van der Waals surface area contributed by atoms with Crippen LogP contribution in [0.4, 0.5) is 4.39 Å². The minimum Gasteiger partial charge on any atom is -0.505 e. The Hall–Kier alpha value is -1.43. The number of aromatic hydroxyl groups is 1. The lowest BCUT2D eigenvalue weighted by atomic mass is 10.1. The second kappa shape index (κ2) is 5.95. The molecular weight excluding hydrogens is 253 g/mol.